The van der Waals surface area contributed by atoms with Crippen LogP contribution >= 0.6 is 23.1 Å². The quantitative estimate of drug-likeness (QED) is 0.619. The highest BCUT2D eigenvalue weighted by molar-refractivity contribution is 8.01. The van der Waals surface area contributed by atoms with Crippen LogP contribution in [0.2, 0.25) is 0 Å². The summed E-state index contributed by atoms with van der Waals surface area (Å²) in [7, 11) is 0. The average Bonchev–Trinajstić information content (AvgIpc) is 3.05. The van der Waals surface area contributed by atoms with E-state index in [1.165, 1.54) is 28.7 Å². The summed E-state index contributed by atoms with van der Waals surface area (Å²) in [5.74, 6) is 0.244. The lowest BCUT2D eigenvalue weighted by Crippen LogP contribution is -2.14. The van der Waals surface area contributed by atoms with E-state index in [0.29, 0.717) is 10.9 Å². The zero-order chi connectivity index (χ0) is 17.6. The number of aryl methyl sites for hydroxylation is 2. The van der Waals surface area contributed by atoms with Gasteiger partial charge in [-0.1, -0.05) is 47.4 Å². The molecule has 1 aromatic heterocycles. The average molecular weight is 371 g/mol. The van der Waals surface area contributed by atoms with E-state index in [1.807, 2.05) is 62.4 Å². The minimum Gasteiger partial charge on any atom is -0.330 e. The highest BCUT2D eigenvalue weighted by atomic mass is 32.2. The summed E-state index contributed by atoms with van der Waals surface area (Å²) in [5.41, 5.74) is 4.14. The van der Waals surface area contributed by atoms with E-state index in [4.69, 9.17) is 0 Å². The molecule has 7 heteroatoms. The van der Waals surface area contributed by atoms with Gasteiger partial charge in [0.05, 0.1) is 5.75 Å². The monoisotopic (exact) mass is 370 g/mol. The number of anilines is 3. The van der Waals surface area contributed by atoms with Crippen molar-refractivity contribution in [3.05, 3.63) is 59.7 Å². The zero-order valence-electron chi connectivity index (χ0n) is 13.9. The molecule has 0 aliphatic carbocycles. The molecule has 0 aliphatic heterocycles. The molecule has 0 fully saturated rings. The van der Waals surface area contributed by atoms with Gasteiger partial charge < -0.3 is 10.6 Å². The van der Waals surface area contributed by atoms with Gasteiger partial charge in [-0.25, -0.2) is 0 Å². The Bertz CT molecular complexity index is 865. The lowest BCUT2D eigenvalue weighted by Gasteiger charge is -2.06. The third-order valence-corrected chi connectivity index (χ3v) is 5.52. The van der Waals surface area contributed by atoms with Crippen LogP contribution < -0.4 is 10.6 Å². The number of hydrogen-bond acceptors (Lipinski definition) is 6. The van der Waals surface area contributed by atoms with E-state index in [-0.39, 0.29) is 5.91 Å². The number of nitrogens with zero attached hydrogens (tertiary/aromatic N) is 2. The number of rotatable bonds is 6. The molecule has 0 aliphatic rings. The number of thioether (sulfide) groups is 1. The second-order valence-corrected chi connectivity index (χ2v) is 7.70. The van der Waals surface area contributed by atoms with Gasteiger partial charge in [-0.05, 0) is 49.2 Å². The van der Waals surface area contributed by atoms with E-state index in [0.717, 1.165) is 21.3 Å². The van der Waals surface area contributed by atoms with Crippen LogP contribution in [0, 0.1) is 13.8 Å². The maximum absolute atomic E-state index is 12.1. The highest BCUT2D eigenvalue weighted by Crippen LogP contribution is 2.27. The third-order valence-electron chi connectivity index (χ3n) is 3.55. The second kappa shape index (κ2) is 8.13. The molecule has 5 nitrogen and oxygen atoms in total. The first-order chi connectivity index (χ1) is 12.1. The lowest BCUT2D eigenvalue weighted by atomic mass is 10.1. The predicted molar refractivity (Wildman–Crippen MR) is 105 cm³/mol. The van der Waals surface area contributed by atoms with Crippen LogP contribution in [0.4, 0.5) is 16.5 Å². The van der Waals surface area contributed by atoms with Crippen LogP contribution in [-0.2, 0) is 4.79 Å². The number of para-hydroxylation sites is 1. The molecule has 0 spiro atoms. The van der Waals surface area contributed by atoms with Gasteiger partial charge >= 0.3 is 0 Å². The molecule has 2 N–H and O–H groups in total. The summed E-state index contributed by atoms with van der Waals surface area (Å²) in [6.07, 6.45) is 0. The molecule has 3 aromatic rings. The fourth-order valence-electron chi connectivity index (χ4n) is 2.11. The van der Waals surface area contributed by atoms with Crippen molar-refractivity contribution in [2.45, 2.75) is 18.2 Å². The predicted octanol–water partition coefficient (Wildman–Crippen LogP) is 4.63. The maximum atomic E-state index is 12.1. The Morgan fingerprint density at radius 3 is 2.60 bits per heavy atom. The van der Waals surface area contributed by atoms with Crippen LogP contribution in [-0.4, -0.2) is 21.9 Å². The molecule has 1 amide bonds. The van der Waals surface area contributed by atoms with Gasteiger partial charge in [-0.15, -0.1) is 10.2 Å². The Morgan fingerprint density at radius 1 is 1.04 bits per heavy atom. The molecule has 25 heavy (non-hydrogen) atoms. The molecule has 0 saturated carbocycles. The number of amides is 1. The summed E-state index contributed by atoms with van der Waals surface area (Å²) in [4.78, 5) is 12.1. The summed E-state index contributed by atoms with van der Waals surface area (Å²) < 4.78 is 0.758. The first-order valence-corrected chi connectivity index (χ1v) is 9.56. The van der Waals surface area contributed by atoms with Gasteiger partial charge in [0.25, 0.3) is 0 Å². The van der Waals surface area contributed by atoms with Crippen molar-refractivity contribution in [2.75, 3.05) is 16.4 Å². The molecule has 3 rings (SSSR count). The Morgan fingerprint density at radius 2 is 1.84 bits per heavy atom. The molecule has 1 heterocycles. The van der Waals surface area contributed by atoms with Crippen molar-refractivity contribution in [1.82, 2.24) is 10.2 Å². The maximum Gasteiger partial charge on any atom is 0.234 e. The Kier molecular flexibility index (Phi) is 5.67. The van der Waals surface area contributed by atoms with Crippen molar-refractivity contribution in [1.29, 1.82) is 0 Å². The number of nitrogens with one attached hydrogen (secondary N) is 2. The van der Waals surface area contributed by atoms with Crippen LogP contribution in [0.1, 0.15) is 11.1 Å². The van der Waals surface area contributed by atoms with Crippen LogP contribution in [0.15, 0.2) is 52.9 Å². The Balaban J connectivity index is 1.51. The van der Waals surface area contributed by atoms with E-state index < -0.39 is 0 Å². The molecule has 2 aromatic carbocycles. The molecule has 0 unspecified atom stereocenters. The minimum absolute atomic E-state index is 0.0546. The summed E-state index contributed by atoms with van der Waals surface area (Å²) >= 11 is 2.81. The number of benzene rings is 2. The SMILES string of the molecule is Cc1ccc(NC(=O)CSc2nnc(Nc3ccccc3)s2)cc1C. The summed E-state index contributed by atoms with van der Waals surface area (Å²) in [5, 5.41) is 15.0. The van der Waals surface area contributed by atoms with E-state index >= 15 is 0 Å². The minimum atomic E-state index is -0.0546. The standard InChI is InChI=1S/C18H18N4OS2/c1-12-8-9-15(10-13(12)2)19-16(23)11-24-18-22-21-17(25-18)20-14-6-4-3-5-7-14/h3-10H,11H2,1-2H3,(H,19,23)(H,20,21). The van der Waals surface area contributed by atoms with Crippen molar-refractivity contribution < 1.29 is 4.79 Å². The van der Waals surface area contributed by atoms with E-state index in [9.17, 15) is 4.79 Å². The van der Waals surface area contributed by atoms with Gasteiger partial charge in [0, 0.05) is 11.4 Å². The highest BCUT2D eigenvalue weighted by Gasteiger charge is 2.09. The smallest absolute Gasteiger partial charge is 0.234 e. The van der Waals surface area contributed by atoms with Gasteiger partial charge in [-0.2, -0.15) is 0 Å². The van der Waals surface area contributed by atoms with Gasteiger partial charge in [0.1, 0.15) is 0 Å². The third kappa shape index (κ3) is 5.04. The molecule has 0 saturated heterocycles. The fraction of sp³-hybridized carbons (Fsp3) is 0.167. The summed E-state index contributed by atoms with van der Waals surface area (Å²) in [6.45, 7) is 4.08. The van der Waals surface area contributed by atoms with Crippen LogP contribution in [0.5, 0.6) is 0 Å². The molecule has 0 bridgehead atoms. The number of carbonyl (C=O) groups is 1. The number of hydrogen-bond donors (Lipinski definition) is 2. The molecule has 0 radical (unpaired) electrons. The first kappa shape index (κ1) is 17.4. The van der Waals surface area contributed by atoms with Gasteiger partial charge in [0.2, 0.25) is 11.0 Å². The zero-order valence-corrected chi connectivity index (χ0v) is 15.6. The van der Waals surface area contributed by atoms with Gasteiger partial charge in [-0.3, -0.25) is 4.79 Å². The molecular formula is C18H18N4OS2. The molecule has 128 valence electrons. The first-order valence-electron chi connectivity index (χ1n) is 7.75. The largest absolute Gasteiger partial charge is 0.330 e. The molecular weight excluding hydrogens is 352 g/mol. The van der Waals surface area contributed by atoms with Gasteiger partial charge in [0.15, 0.2) is 4.34 Å². The fourth-order valence-corrected chi connectivity index (χ4v) is 3.68. The number of aromatic nitrogens is 2. The Labute approximate surface area is 154 Å². The topological polar surface area (TPSA) is 66.9 Å². The van der Waals surface area contributed by atoms with Crippen molar-refractivity contribution in [3.63, 3.8) is 0 Å². The van der Waals surface area contributed by atoms with E-state index in [2.05, 4.69) is 20.8 Å². The second-order valence-electron chi connectivity index (χ2n) is 5.50. The van der Waals surface area contributed by atoms with Crippen molar-refractivity contribution in [3.8, 4) is 0 Å². The Hall–Kier alpha value is -2.38. The van der Waals surface area contributed by atoms with Crippen molar-refractivity contribution >= 4 is 45.5 Å². The van der Waals surface area contributed by atoms with E-state index in [1.54, 1.807) is 0 Å². The van der Waals surface area contributed by atoms with Crippen LogP contribution in [0.3, 0.4) is 0 Å². The normalized spacial score (nSPS) is 10.5. The van der Waals surface area contributed by atoms with Crippen LogP contribution in [0.25, 0.3) is 0 Å². The summed E-state index contributed by atoms with van der Waals surface area (Å²) in [6, 6.07) is 15.7. The van der Waals surface area contributed by atoms with Crippen molar-refractivity contribution in [2.24, 2.45) is 0 Å². The number of carbonyl (C=O) groups excluding carboxylic acids is 1. The lowest BCUT2D eigenvalue weighted by molar-refractivity contribution is -0.113. The molecule has 0 atom stereocenters.